The molecule has 2 aromatic heterocycles. The molecule has 0 fully saturated rings. The zero-order valence-electron chi connectivity index (χ0n) is 18.5. The van der Waals surface area contributed by atoms with Crippen LogP contribution in [0.25, 0.3) is 0 Å². The number of hydrogen-bond donors (Lipinski definition) is 0. The maximum atomic E-state index is 12.9. The topological polar surface area (TPSA) is 106 Å². The number of H-pyrrole nitrogens is 1. The summed E-state index contributed by atoms with van der Waals surface area (Å²) in [6, 6.07) is 7.27. The van der Waals surface area contributed by atoms with Crippen molar-refractivity contribution in [3.8, 4) is 11.5 Å². The number of aromatic nitrogens is 1. The molecular weight excluding hydrogens is 527 g/mol. The molecule has 0 saturated heterocycles. The predicted molar refractivity (Wildman–Crippen MR) is 125 cm³/mol. The van der Waals surface area contributed by atoms with Crippen LogP contribution in [0.3, 0.4) is 0 Å². The van der Waals surface area contributed by atoms with Gasteiger partial charge in [-0.2, -0.15) is 8.78 Å². The lowest BCUT2D eigenvalue weighted by atomic mass is 10.0. The molecule has 1 aromatic carbocycles. The first-order valence-electron chi connectivity index (χ1n) is 10.0. The van der Waals surface area contributed by atoms with Crippen LogP contribution in [0, 0.1) is 0 Å². The number of halogens is 4. The summed E-state index contributed by atoms with van der Waals surface area (Å²) in [5.74, 6) is -0.763. The third-order valence-electron chi connectivity index (χ3n) is 4.50. The number of benzene rings is 1. The molecule has 0 radical (unpaired) electrons. The third kappa shape index (κ3) is 7.60. The van der Waals surface area contributed by atoms with E-state index in [1.807, 2.05) is 0 Å². The largest absolute Gasteiger partial charge is 0.870 e. The lowest BCUT2D eigenvalue weighted by Crippen LogP contribution is -2.16. The highest BCUT2D eigenvalue weighted by Gasteiger charge is 2.25. The number of pyridine rings is 1. The van der Waals surface area contributed by atoms with Crippen LogP contribution in [0.1, 0.15) is 50.4 Å². The van der Waals surface area contributed by atoms with Gasteiger partial charge in [-0.3, -0.25) is 4.79 Å². The fourth-order valence-corrected chi connectivity index (χ4v) is 4.30. The van der Waals surface area contributed by atoms with Crippen molar-refractivity contribution in [1.29, 1.82) is 0 Å². The van der Waals surface area contributed by atoms with Gasteiger partial charge in [0, 0.05) is 12.0 Å². The van der Waals surface area contributed by atoms with Crippen molar-refractivity contribution >= 4 is 46.8 Å². The second kappa shape index (κ2) is 12.8. The molecule has 12 heteroatoms. The number of hydrogen-bond acceptors (Lipinski definition) is 7. The SMILES string of the molecule is CC(C)Oc1cc([C@H](Cc2c(Cl)c[nH+]cc2Cl)OC(=O)c2ccc(C=O)s2)ccc1OC(F)F.[OH-]. The lowest BCUT2D eigenvalue weighted by Gasteiger charge is -2.21. The molecule has 0 bridgehead atoms. The van der Waals surface area contributed by atoms with Gasteiger partial charge < -0.3 is 19.7 Å². The molecular formula is C23H21Cl2F2NO6S. The average molecular weight is 548 g/mol. The molecule has 0 aliphatic rings. The summed E-state index contributed by atoms with van der Waals surface area (Å²) in [6.45, 7) is 0.424. The first-order valence-corrected chi connectivity index (χ1v) is 11.6. The van der Waals surface area contributed by atoms with E-state index >= 15 is 0 Å². The summed E-state index contributed by atoms with van der Waals surface area (Å²) in [4.78, 5) is 27.2. The molecule has 188 valence electrons. The van der Waals surface area contributed by atoms with Crippen molar-refractivity contribution in [3.63, 3.8) is 0 Å². The first kappa shape index (κ1) is 28.4. The predicted octanol–water partition coefficient (Wildman–Crippen LogP) is 6.03. The van der Waals surface area contributed by atoms with Gasteiger partial charge in [0.15, 0.2) is 30.2 Å². The van der Waals surface area contributed by atoms with E-state index in [1.165, 1.54) is 42.7 Å². The molecule has 2 N–H and O–H groups in total. The van der Waals surface area contributed by atoms with Crippen LogP contribution in [0.2, 0.25) is 10.0 Å². The summed E-state index contributed by atoms with van der Waals surface area (Å²) in [7, 11) is 0. The number of esters is 1. The van der Waals surface area contributed by atoms with Crippen LogP contribution in [-0.2, 0) is 11.2 Å². The molecule has 0 aliphatic heterocycles. The standard InChI is InChI=1S/C23H19Cl2F2NO5S.H2O/c1-12(2)31-20-7-13(3-5-18(20)33-23(26)27)19(8-15-16(24)9-28-10-17(15)25)32-22(30)21-6-4-14(11-29)34-21;/h3-7,9-12,19,23H,8H2,1-2H3;1H2/t19-;/m0./s1. The second-order valence-corrected chi connectivity index (χ2v) is 9.23. The van der Waals surface area contributed by atoms with Crippen molar-refractivity contribution in [2.24, 2.45) is 0 Å². The minimum absolute atomic E-state index is 0. The summed E-state index contributed by atoms with van der Waals surface area (Å²) < 4.78 is 41.7. The fraction of sp³-hybridized carbons (Fsp3) is 0.261. The van der Waals surface area contributed by atoms with E-state index < -0.39 is 18.7 Å². The Kier molecular flexibility index (Phi) is 10.4. The zero-order chi connectivity index (χ0) is 24.8. The van der Waals surface area contributed by atoms with E-state index in [9.17, 15) is 18.4 Å². The molecule has 2 heterocycles. The van der Waals surface area contributed by atoms with Gasteiger partial charge in [-0.25, -0.2) is 9.78 Å². The van der Waals surface area contributed by atoms with Crippen molar-refractivity contribution < 1.29 is 43.0 Å². The fourth-order valence-electron chi connectivity index (χ4n) is 3.06. The van der Waals surface area contributed by atoms with Gasteiger partial charge in [-0.15, -0.1) is 11.3 Å². The second-order valence-electron chi connectivity index (χ2n) is 7.30. The Hall–Kier alpha value is -2.79. The Morgan fingerprint density at radius 3 is 2.34 bits per heavy atom. The highest BCUT2D eigenvalue weighted by molar-refractivity contribution is 7.15. The maximum absolute atomic E-state index is 12.9. The summed E-state index contributed by atoms with van der Waals surface area (Å²) in [5.41, 5.74) is 0.955. The van der Waals surface area contributed by atoms with Crippen molar-refractivity contribution in [3.05, 3.63) is 73.7 Å². The van der Waals surface area contributed by atoms with Gasteiger partial charge in [0.25, 0.3) is 0 Å². The van der Waals surface area contributed by atoms with Gasteiger partial charge in [0.05, 0.1) is 11.0 Å². The van der Waals surface area contributed by atoms with E-state index in [0.29, 0.717) is 32.3 Å². The third-order valence-corrected chi connectivity index (χ3v) is 6.16. The van der Waals surface area contributed by atoms with Crippen molar-refractivity contribution in [2.45, 2.75) is 39.1 Å². The number of carbonyl (C=O) groups is 2. The number of aldehydes is 1. The van der Waals surface area contributed by atoms with Crippen LogP contribution < -0.4 is 14.5 Å². The summed E-state index contributed by atoms with van der Waals surface area (Å²) >= 11 is 13.6. The smallest absolute Gasteiger partial charge is 0.387 e. The Labute approximate surface area is 213 Å². The number of thiophene rings is 1. The number of carbonyl (C=O) groups excluding carboxylic acids is 2. The molecule has 3 rings (SSSR count). The highest BCUT2D eigenvalue weighted by Crippen LogP contribution is 2.37. The van der Waals surface area contributed by atoms with E-state index in [1.54, 1.807) is 13.8 Å². The molecule has 0 amide bonds. The summed E-state index contributed by atoms with van der Waals surface area (Å²) in [6.07, 6.45) is 2.53. The minimum Gasteiger partial charge on any atom is -0.870 e. The van der Waals surface area contributed by atoms with Crippen LogP contribution >= 0.6 is 34.5 Å². The van der Waals surface area contributed by atoms with Crippen LogP contribution in [0.4, 0.5) is 8.78 Å². The van der Waals surface area contributed by atoms with E-state index in [4.69, 9.17) is 32.7 Å². The lowest BCUT2D eigenvalue weighted by molar-refractivity contribution is -0.377. The van der Waals surface area contributed by atoms with Gasteiger partial charge >= 0.3 is 12.6 Å². The van der Waals surface area contributed by atoms with Gasteiger partial charge in [0.1, 0.15) is 21.0 Å². The molecule has 7 nitrogen and oxygen atoms in total. The molecule has 0 spiro atoms. The monoisotopic (exact) mass is 547 g/mol. The molecule has 3 aromatic rings. The minimum atomic E-state index is -3.04. The zero-order valence-corrected chi connectivity index (χ0v) is 20.8. The number of ether oxygens (including phenoxy) is 3. The van der Waals surface area contributed by atoms with Gasteiger partial charge in [-0.1, -0.05) is 29.3 Å². The molecule has 0 unspecified atom stereocenters. The highest BCUT2D eigenvalue weighted by atomic mass is 35.5. The van der Waals surface area contributed by atoms with Crippen LogP contribution in [0.5, 0.6) is 11.5 Å². The molecule has 0 aliphatic carbocycles. The summed E-state index contributed by atoms with van der Waals surface area (Å²) in [5, 5.41) is 0.647. The number of alkyl halides is 2. The van der Waals surface area contributed by atoms with Gasteiger partial charge in [-0.05, 0) is 43.7 Å². The normalized spacial score (nSPS) is 11.7. The van der Waals surface area contributed by atoms with Crippen LogP contribution in [-0.4, -0.2) is 30.4 Å². The number of aromatic amines is 1. The number of rotatable bonds is 10. The van der Waals surface area contributed by atoms with E-state index in [0.717, 1.165) is 11.3 Å². The molecule has 1 atom stereocenters. The van der Waals surface area contributed by atoms with E-state index in [2.05, 4.69) is 9.72 Å². The maximum Gasteiger partial charge on any atom is 0.387 e. The molecule has 35 heavy (non-hydrogen) atoms. The Bertz CT molecular complexity index is 1150. The Balaban J connectivity index is 0.00000432. The average Bonchev–Trinajstić information content (AvgIpc) is 3.25. The Morgan fingerprint density at radius 2 is 1.77 bits per heavy atom. The van der Waals surface area contributed by atoms with Crippen molar-refractivity contribution in [1.82, 2.24) is 0 Å². The van der Waals surface area contributed by atoms with E-state index in [-0.39, 0.29) is 34.4 Å². The number of nitrogens with one attached hydrogen (secondary N) is 1. The first-order chi connectivity index (χ1) is 16.2. The van der Waals surface area contributed by atoms with Crippen molar-refractivity contribution in [2.75, 3.05) is 0 Å². The van der Waals surface area contributed by atoms with Gasteiger partial charge in [0.2, 0.25) is 0 Å². The quantitative estimate of drug-likeness (QED) is 0.226. The van der Waals surface area contributed by atoms with Crippen LogP contribution in [0.15, 0.2) is 42.7 Å². The Morgan fingerprint density at radius 1 is 1.09 bits per heavy atom. The molecule has 0 saturated carbocycles.